The average molecular weight is 288 g/mol. The van der Waals surface area contributed by atoms with Crippen LogP contribution in [0.2, 0.25) is 0 Å². The number of nitrogens with one attached hydrogen (secondary N) is 1. The van der Waals surface area contributed by atoms with Gasteiger partial charge in [-0.1, -0.05) is 12.2 Å². The van der Waals surface area contributed by atoms with Crippen LogP contribution >= 0.6 is 0 Å². The van der Waals surface area contributed by atoms with Gasteiger partial charge in [0.05, 0.1) is 11.5 Å². The van der Waals surface area contributed by atoms with Gasteiger partial charge in [-0.3, -0.25) is 10.1 Å². The van der Waals surface area contributed by atoms with Crippen molar-refractivity contribution in [2.45, 2.75) is 25.3 Å². The second kappa shape index (κ2) is 5.20. The zero-order chi connectivity index (χ0) is 15.0. The molecule has 1 aromatic carbocycles. The molecule has 0 spiro atoms. The van der Waals surface area contributed by atoms with Gasteiger partial charge in [0.2, 0.25) is 0 Å². The van der Waals surface area contributed by atoms with E-state index >= 15 is 0 Å². The Labute approximate surface area is 121 Å². The molecule has 0 aromatic heterocycles. The maximum atomic E-state index is 12.1. The predicted molar refractivity (Wildman–Crippen MR) is 77.1 cm³/mol. The molecule has 1 aliphatic heterocycles. The summed E-state index contributed by atoms with van der Waals surface area (Å²) >= 11 is 0. The standard InChI is InChI=1S/C15H16N2O4/c1-2-21-15(18)14-11-5-3-4-10(11)12-8-9(17(19)20)6-7-13(12)16-14/h3-4,6-8,10-11,14,16H,2,5H2,1H3/t10-,11+,14-/m0/s1. The Morgan fingerprint density at radius 2 is 2.33 bits per heavy atom. The van der Waals surface area contributed by atoms with Gasteiger partial charge in [0.25, 0.3) is 5.69 Å². The summed E-state index contributed by atoms with van der Waals surface area (Å²) in [5.74, 6) is -0.186. The van der Waals surface area contributed by atoms with Gasteiger partial charge in [-0.05, 0) is 25.0 Å². The highest BCUT2D eigenvalue weighted by Gasteiger charge is 2.41. The summed E-state index contributed by atoms with van der Waals surface area (Å²) in [6.45, 7) is 2.12. The molecule has 0 amide bonds. The number of hydrogen-bond donors (Lipinski definition) is 1. The SMILES string of the molecule is CCOC(=O)[C@H]1Nc2ccc([N+](=O)[O-])cc2[C@H]2C=CC[C@@H]12. The van der Waals surface area contributed by atoms with E-state index in [1.807, 2.05) is 12.2 Å². The summed E-state index contributed by atoms with van der Waals surface area (Å²) in [4.78, 5) is 22.6. The lowest BCUT2D eigenvalue weighted by molar-refractivity contribution is -0.384. The third kappa shape index (κ3) is 2.26. The molecule has 3 rings (SSSR count). The van der Waals surface area contributed by atoms with Gasteiger partial charge >= 0.3 is 5.97 Å². The molecule has 21 heavy (non-hydrogen) atoms. The van der Waals surface area contributed by atoms with E-state index < -0.39 is 11.0 Å². The van der Waals surface area contributed by atoms with Gasteiger partial charge in [0, 0.05) is 29.7 Å². The first-order valence-corrected chi connectivity index (χ1v) is 7.00. The average Bonchev–Trinajstić information content (AvgIpc) is 2.95. The molecule has 2 aliphatic rings. The van der Waals surface area contributed by atoms with Crippen LogP contribution in [0.25, 0.3) is 0 Å². The number of benzene rings is 1. The third-order valence-electron chi connectivity index (χ3n) is 4.10. The number of ether oxygens (including phenoxy) is 1. The molecule has 110 valence electrons. The fraction of sp³-hybridized carbons (Fsp3) is 0.400. The number of rotatable bonds is 3. The number of esters is 1. The van der Waals surface area contributed by atoms with Crippen LogP contribution in [0.5, 0.6) is 0 Å². The van der Waals surface area contributed by atoms with Gasteiger partial charge in [-0.2, -0.15) is 0 Å². The van der Waals surface area contributed by atoms with E-state index in [9.17, 15) is 14.9 Å². The second-order valence-electron chi connectivity index (χ2n) is 5.26. The molecular weight excluding hydrogens is 272 g/mol. The summed E-state index contributed by atoms with van der Waals surface area (Å²) in [6, 6.07) is 4.31. The number of anilines is 1. The maximum absolute atomic E-state index is 12.1. The molecular formula is C15H16N2O4. The zero-order valence-electron chi connectivity index (χ0n) is 11.6. The summed E-state index contributed by atoms with van der Waals surface area (Å²) < 4.78 is 5.13. The van der Waals surface area contributed by atoms with E-state index in [-0.39, 0.29) is 23.5 Å². The number of fused-ring (bicyclic) bond motifs is 3. The molecule has 1 aliphatic carbocycles. The normalized spacial score (nSPS) is 25.7. The van der Waals surface area contributed by atoms with E-state index in [1.54, 1.807) is 19.1 Å². The van der Waals surface area contributed by atoms with E-state index in [0.717, 1.165) is 17.7 Å². The molecule has 0 unspecified atom stereocenters. The summed E-state index contributed by atoms with van der Waals surface area (Å²) in [6.07, 6.45) is 4.82. The lowest BCUT2D eigenvalue weighted by Gasteiger charge is -2.35. The first-order chi connectivity index (χ1) is 10.1. The zero-order valence-corrected chi connectivity index (χ0v) is 11.6. The Morgan fingerprint density at radius 3 is 3.05 bits per heavy atom. The van der Waals surface area contributed by atoms with Crippen LogP contribution in [-0.2, 0) is 9.53 Å². The Kier molecular flexibility index (Phi) is 3.37. The largest absolute Gasteiger partial charge is 0.464 e. The smallest absolute Gasteiger partial charge is 0.328 e. The highest BCUT2D eigenvalue weighted by atomic mass is 16.6. The van der Waals surface area contributed by atoms with Crippen LogP contribution in [0.1, 0.15) is 24.8 Å². The van der Waals surface area contributed by atoms with Crippen molar-refractivity contribution < 1.29 is 14.5 Å². The van der Waals surface area contributed by atoms with Gasteiger partial charge in [-0.15, -0.1) is 0 Å². The van der Waals surface area contributed by atoms with Gasteiger partial charge in [0.1, 0.15) is 6.04 Å². The number of nitro groups is 1. The number of nitro benzene ring substituents is 1. The Morgan fingerprint density at radius 1 is 1.52 bits per heavy atom. The quantitative estimate of drug-likeness (QED) is 0.400. The first-order valence-electron chi connectivity index (χ1n) is 7.00. The predicted octanol–water partition coefficient (Wildman–Crippen LogP) is 2.61. The summed E-state index contributed by atoms with van der Waals surface area (Å²) in [5, 5.41) is 14.1. The Hall–Kier alpha value is -2.37. The number of carbonyl (C=O) groups excluding carboxylic acids is 1. The fourth-order valence-corrected chi connectivity index (χ4v) is 3.16. The van der Waals surface area contributed by atoms with Crippen LogP contribution in [0.3, 0.4) is 0 Å². The number of nitrogens with zero attached hydrogens (tertiary/aromatic N) is 1. The fourth-order valence-electron chi connectivity index (χ4n) is 3.16. The van der Waals surface area contributed by atoms with Crippen molar-refractivity contribution >= 4 is 17.3 Å². The topological polar surface area (TPSA) is 81.5 Å². The minimum atomic E-state index is -0.404. The molecule has 6 heteroatoms. The third-order valence-corrected chi connectivity index (χ3v) is 4.10. The van der Waals surface area contributed by atoms with Gasteiger partial charge < -0.3 is 10.1 Å². The molecule has 0 fully saturated rings. The van der Waals surface area contributed by atoms with E-state index in [1.165, 1.54) is 6.07 Å². The maximum Gasteiger partial charge on any atom is 0.328 e. The van der Waals surface area contributed by atoms with Crippen molar-refractivity contribution in [2.24, 2.45) is 5.92 Å². The van der Waals surface area contributed by atoms with Crippen molar-refractivity contribution in [1.82, 2.24) is 0 Å². The minimum absolute atomic E-state index is 0.0237. The van der Waals surface area contributed by atoms with Crippen molar-refractivity contribution in [3.63, 3.8) is 0 Å². The molecule has 1 aromatic rings. The molecule has 6 nitrogen and oxygen atoms in total. The molecule has 1 heterocycles. The van der Waals surface area contributed by atoms with Crippen LogP contribution < -0.4 is 5.32 Å². The highest BCUT2D eigenvalue weighted by Crippen LogP contribution is 2.45. The Bertz CT molecular complexity index is 626. The lowest BCUT2D eigenvalue weighted by Crippen LogP contribution is -2.42. The van der Waals surface area contributed by atoms with E-state index in [0.29, 0.717) is 6.61 Å². The van der Waals surface area contributed by atoms with Gasteiger partial charge in [-0.25, -0.2) is 4.79 Å². The first kappa shape index (κ1) is 13.6. The summed E-state index contributed by atoms with van der Waals surface area (Å²) in [5.41, 5.74) is 1.72. The molecule has 0 bridgehead atoms. The van der Waals surface area contributed by atoms with Crippen LogP contribution in [0.4, 0.5) is 11.4 Å². The van der Waals surface area contributed by atoms with Crippen molar-refractivity contribution in [1.29, 1.82) is 0 Å². The number of hydrogen-bond acceptors (Lipinski definition) is 5. The molecule has 3 atom stereocenters. The van der Waals surface area contributed by atoms with Crippen molar-refractivity contribution in [2.75, 3.05) is 11.9 Å². The molecule has 1 N–H and O–H groups in total. The highest BCUT2D eigenvalue weighted by molar-refractivity contribution is 5.82. The monoisotopic (exact) mass is 288 g/mol. The van der Waals surface area contributed by atoms with Crippen LogP contribution in [0, 0.1) is 16.0 Å². The van der Waals surface area contributed by atoms with E-state index in [2.05, 4.69) is 5.32 Å². The Balaban J connectivity index is 1.98. The molecule has 0 radical (unpaired) electrons. The second-order valence-corrected chi connectivity index (χ2v) is 5.26. The number of carbonyl (C=O) groups is 1. The van der Waals surface area contributed by atoms with Crippen LogP contribution in [0.15, 0.2) is 30.4 Å². The minimum Gasteiger partial charge on any atom is -0.464 e. The van der Waals surface area contributed by atoms with Gasteiger partial charge in [0.15, 0.2) is 0 Å². The summed E-state index contributed by atoms with van der Waals surface area (Å²) in [7, 11) is 0. The molecule has 0 saturated heterocycles. The lowest BCUT2D eigenvalue weighted by atomic mass is 9.79. The van der Waals surface area contributed by atoms with Crippen LogP contribution in [-0.4, -0.2) is 23.5 Å². The molecule has 0 saturated carbocycles. The van der Waals surface area contributed by atoms with E-state index in [4.69, 9.17) is 4.74 Å². The number of non-ortho nitro benzene ring substituents is 1. The number of allylic oxidation sites excluding steroid dienone is 2. The van der Waals surface area contributed by atoms with Crippen molar-refractivity contribution in [3.05, 3.63) is 46.0 Å². The van der Waals surface area contributed by atoms with Crippen molar-refractivity contribution in [3.8, 4) is 0 Å².